The second-order valence-electron chi connectivity index (χ2n) is 6.91. The fourth-order valence-electron chi connectivity index (χ4n) is 3.02. The van der Waals surface area contributed by atoms with Gasteiger partial charge in [-0.3, -0.25) is 0 Å². The second-order valence-corrected chi connectivity index (χ2v) is 6.91. The van der Waals surface area contributed by atoms with Crippen LogP contribution in [-0.4, -0.2) is 24.5 Å². The standard InChI is InChI=1S/C20H16F4N6O2/c1-11-4-3-5-14(21)13(11)10-26-17-7-6-12(9-25-17)30-16(20(22,23)24)8-15(27-30)18-28-29(2)19(31)32-18/h3-9H,10H2,1-2H3,(H,25,26). The summed E-state index contributed by atoms with van der Waals surface area (Å²) in [5.41, 5.74) is -0.104. The molecule has 0 bridgehead atoms. The lowest BCUT2D eigenvalue weighted by Crippen LogP contribution is -2.13. The number of hydrogen-bond acceptors (Lipinski definition) is 6. The van der Waals surface area contributed by atoms with Gasteiger partial charge in [0, 0.05) is 25.2 Å². The maximum Gasteiger partial charge on any atom is 0.437 e. The number of benzene rings is 1. The van der Waals surface area contributed by atoms with Gasteiger partial charge in [0.25, 0.3) is 5.89 Å². The van der Waals surface area contributed by atoms with Gasteiger partial charge in [0.2, 0.25) is 0 Å². The Bertz CT molecular complexity index is 1300. The first kappa shape index (κ1) is 21.3. The van der Waals surface area contributed by atoms with Gasteiger partial charge in [0.15, 0.2) is 5.69 Å². The van der Waals surface area contributed by atoms with Crippen molar-refractivity contribution in [2.24, 2.45) is 7.05 Å². The van der Waals surface area contributed by atoms with Crippen LogP contribution in [0.1, 0.15) is 16.8 Å². The van der Waals surface area contributed by atoms with E-state index in [1.807, 2.05) is 0 Å². The monoisotopic (exact) mass is 448 g/mol. The van der Waals surface area contributed by atoms with Gasteiger partial charge in [0.05, 0.1) is 11.9 Å². The Balaban J connectivity index is 1.62. The average molecular weight is 448 g/mol. The number of nitrogens with zero attached hydrogens (tertiary/aromatic N) is 5. The maximum atomic E-state index is 14.0. The van der Waals surface area contributed by atoms with Crippen LogP contribution < -0.4 is 11.1 Å². The van der Waals surface area contributed by atoms with E-state index in [9.17, 15) is 22.4 Å². The van der Waals surface area contributed by atoms with Crippen LogP contribution in [0.3, 0.4) is 0 Å². The zero-order valence-corrected chi connectivity index (χ0v) is 16.8. The summed E-state index contributed by atoms with van der Waals surface area (Å²) in [5.74, 6) is -1.19. The molecule has 1 aromatic carbocycles. The topological polar surface area (TPSA) is 90.8 Å². The zero-order chi connectivity index (χ0) is 23.0. The molecule has 4 rings (SSSR count). The molecule has 0 saturated carbocycles. The third-order valence-corrected chi connectivity index (χ3v) is 4.70. The van der Waals surface area contributed by atoms with Crippen LogP contribution in [0.5, 0.6) is 0 Å². The van der Waals surface area contributed by atoms with E-state index in [0.717, 1.165) is 16.3 Å². The number of nitrogens with one attached hydrogen (secondary N) is 1. The molecule has 0 unspecified atom stereocenters. The molecule has 0 spiro atoms. The highest BCUT2D eigenvalue weighted by Crippen LogP contribution is 2.33. The van der Waals surface area contributed by atoms with Crippen molar-refractivity contribution < 1.29 is 22.0 Å². The fourth-order valence-corrected chi connectivity index (χ4v) is 3.02. The molecule has 0 saturated heterocycles. The van der Waals surface area contributed by atoms with Gasteiger partial charge in [-0.15, -0.1) is 5.10 Å². The lowest BCUT2D eigenvalue weighted by Gasteiger charge is -2.12. The Morgan fingerprint density at radius 1 is 1.16 bits per heavy atom. The van der Waals surface area contributed by atoms with Crippen LogP contribution >= 0.6 is 0 Å². The number of anilines is 1. The number of aryl methyl sites for hydroxylation is 2. The minimum atomic E-state index is -4.74. The molecule has 0 aliphatic rings. The maximum absolute atomic E-state index is 14.0. The van der Waals surface area contributed by atoms with E-state index in [1.54, 1.807) is 19.1 Å². The summed E-state index contributed by atoms with van der Waals surface area (Å²) in [6.07, 6.45) is -3.54. The largest absolute Gasteiger partial charge is 0.437 e. The van der Waals surface area contributed by atoms with Crippen molar-refractivity contribution in [3.8, 4) is 17.3 Å². The molecule has 4 aromatic rings. The molecule has 166 valence electrons. The van der Waals surface area contributed by atoms with Crippen molar-refractivity contribution in [2.45, 2.75) is 19.6 Å². The predicted octanol–water partition coefficient (Wildman–Crippen LogP) is 3.70. The molecule has 12 heteroatoms. The van der Waals surface area contributed by atoms with Gasteiger partial charge in [-0.2, -0.15) is 23.0 Å². The highest BCUT2D eigenvalue weighted by Gasteiger charge is 2.37. The third kappa shape index (κ3) is 4.11. The van der Waals surface area contributed by atoms with Crippen molar-refractivity contribution in [1.82, 2.24) is 24.5 Å². The Kier molecular flexibility index (Phi) is 5.28. The molecule has 3 heterocycles. The van der Waals surface area contributed by atoms with Gasteiger partial charge >= 0.3 is 11.9 Å². The Labute approximate surface area is 178 Å². The quantitative estimate of drug-likeness (QED) is 0.469. The van der Waals surface area contributed by atoms with E-state index < -0.39 is 17.6 Å². The molecule has 3 aromatic heterocycles. The normalized spacial score (nSPS) is 11.7. The minimum absolute atomic E-state index is 0.0227. The molecular weight excluding hydrogens is 432 g/mol. The van der Waals surface area contributed by atoms with Crippen LogP contribution in [0.25, 0.3) is 17.3 Å². The lowest BCUT2D eigenvalue weighted by atomic mass is 10.1. The number of hydrogen-bond donors (Lipinski definition) is 1. The average Bonchev–Trinajstić information content (AvgIpc) is 3.32. The smallest absolute Gasteiger partial charge is 0.386 e. The molecule has 0 amide bonds. The summed E-state index contributed by atoms with van der Waals surface area (Å²) in [4.78, 5) is 15.5. The van der Waals surface area contributed by atoms with E-state index in [1.165, 1.54) is 31.4 Å². The van der Waals surface area contributed by atoms with Crippen molar-refractivity contribution >= 4 is 5.82 Å². The van der Waals surface area contributed by atoms with Crippen molar-refractivity contribution in [2.75, 3.05) is 5.32 Å². The molecule has 0 atom stereocenters. The number of halogens is 4. The fraction of sp³-hybridized carbons (Fsp3) is 0.200. The Morgan fingerprint density at radius 2 is 1.94 bits per heavy atom. The first-order valence-corrected chi connectivity index (χ1v) is 9.29. The molecule has 32 heavy (non-hydrogen) atoms. The summed E-state index contributed by atoms with van der Waals surface area (Å²) in [6.45, 7) is 1.93. The first-order chi connectivity index (χ1) is 15.1. The minimum Gasteiger partial charge on any atom is -0.386 e. The van der Waals surface area contributed by atoms with Crippen LogP contribution in [0.2, 0.25) is 0 Å². The van der Waals surface area contributed by atoms with Crippen LogP contribution in [0.15, 0.2) is 51.8 Å². The van der Waals surface area contributed by atoms with Gasteiger partial charge < -0.3 is 9.73 Å². The first-order valence-electron chi connectivity index (χ1n) is 9.29. The zero-order valence-electron chi connectivity index (χ0n) is 16.8. The highest BCUT2D eigenvalue weighted by atomic mass is 19.4. The second kappa shape index (κ2) is 7.94. The molecule has 0 aliphatic heterocycles. The van der Waals surface area contributed by atoms with Crippen molar-refractivity contribution in [3.05, 3.63) is 75.8 Å². The van der Waals surface area contributed by atoms with Gasteiger partial charge in [0.1, 0.15) is 17.3 Å². The molecule has 8 nitrogen and oxygen atoms in total. The van der Waals surface area contributed by atoms with Crippen molar-refractivity contribution in [1.29, 1.82) is 0 Å². The van der Waals surface area contributed by atoms with Crippen LogP contribution in [-0.2, 0) is 19.8 Å². The van der Waals surface area contributed by atoms with Gasteiger partial charge in [-0.25, -0.2) is 18.9 Å². The third-order valence-electron chi connectivity index (χ3n) is 4.70. The van der Waals surface area contributed by atoms with E-state index in [2.05, 4.69) is 20.5 Å². The molecule has 1 N–H and O–H groups in total. The predicted molar refractivity (Wildman–Crippen MR) is 106 cm³/mol. The van der Waals surface area contributed by atoms with E-state index in [4.69, 9.17) is 4.42 Å². The Morgan fingerprint density at radius 3 is 2.53 bits per heavy atom. The summed E-state index contributed by atoms with van der Waals surface area (Å²) in [7, 11) is 1.30. The summed E-state index contributed by atoms with van der Waals surface area (Å²) in [5, 5.41) is 10.6. The molecular formula is C20H16F4N6O2. The van der Waals surface area contributed by atoms with Crippen LogP contribution in [0, 0.1) is 12.7 Å². The molecule has 0 aliphatic carbocycles. The van der Waals surface area contributed by atoms with E-state index in [0.29, 0.717) is 16.1 Å². The molecule has 0 radical (unpaired) electrons. The van der Waals surface area contributed by atoms with Gasteiger partial charge in [-0.05, 0) is 30.7 Å². The Hall–Kier alpha value is -3.96. The lowest BCUT2D eigenvalue weighted by molar-refractivity contribution is -0.142. The number of alkyl halides is 3. The summed E-state index contributed by atoms with van der Waals surface area (Å²) < 4.78 is 61.0. The van der Waals surface area contributed by atoms with Crippen LogP contribution in [0.4, 0.5) is 23.4 Å². The van der Waals surface area contributed by atoms with E-state index in [-0.39, 0.29) is 29.6 Å². The highest BCUT2D eigenvalue weighted by molar-refractivity contribution is 5.50. The number of aromatic nitrogens is 5. The summed E-state index contributed by atoms with van der Waals surface area (Å²) >= 11 is 0. The number of pyridine rings is 1. The summed E-state index contributed by atoms with van der Waals surface area (Å²) in [6, 6.07) is 8.29. The molecule has 0 fully saturated rings. The SMILES string of the molecule is Cc1cccc(F)c1CNc1ccc(-n2nc(-c3nn(C)c(=O)o3)cc2C(F)(F)F)cn1. The number of rotatable bonds is 5. The van der Waals surface area contributed by atoms with E-state index >= 15 is 0 Å². The van der Waals surface area contributed by atoms with Gasteiger partial charge in [-0.1, -0.05) is 12.1 Å². The van der Waals surface area contributed by atoms with Crippen molar-refractivity contribution in [3.63, 3.8) is 0 Å².